The molecule has 0 heterocycles. The molecule has 0 aliphatic rings. The van der Waals surface area contributed by atoms with E-state index in [1.54, 1.807) is 32.2 Å². The van der Waals surface area contributed by atoms with Crippen molar-refractivity contribution >= 4 is 11.9 Å². The van der Waals surface area contributed by atoms with Crippen molar-refractivity contribution in [3.63, 3.8) is 0 Å². The average molecular weight is 336 g/mol. The van der Waals surface area contributed by atoms with Crippen LogP contribution in [0.4, 0.5) is 0 Å². The highest BCUT2D eigenvalue weighted by molar-refractivity contribution is 5.97. The Balaban J connectivity index is 2.27. The predicted octanol–water partition coefficient (Wildman–Crippen LogP) is 2.80. The van der Waals surface area contributed by atoms with Crippen molar-refractivity contribution in [3.05, 3.63) is 71.3 Å². The van der Waals surface area contributed by atoms with Crippen molar-refractivity contribution in [3.8, 4) is 6.07 Å². The number of nitriles is 1. The lowest BCUT2D eigenvalue weighted by Gasteiger charge is -2.26. The van der Waals surface area contributed by atoms with Crippen LogP contribution in [0, 0.1) is 11.3 Å². The van der Waals surface area contributed by atoms with Crippen molar-refractivity contribution in [2.24, 2.45) is 0 Å². The normalized spacial score (nSPS) is 11.2. The van der Waals surface area contributed by atoms with Gasteiger partial charge in [-0.25, -0.2) is 4.79 Å². The van der Waals surface area contributed by atoms with E-state index in [1.165, 1.54) is 11.0 Å². The molecule has 0 radical (unpaired) electrons. The smallest absolute Gasteiger partial charge is 0.329 e. The van der Waals surface area contributed by atoms with Gasteiger partial charge in [0.15, 0.2) is 0 Å². The second-order valence-electron chi connectivity index (χ2n) is 5.57. The summed E-state index contributed by atoms with van der Waals surface area (Å²) in [5.41, 5.74) is 1.70. The number of amides is 1. The molecule has 0 aromatic heterocycles. The molecule has 1 amide bonds. The first-order chi connectivity index (χ1) is 12.1. The maximum atomic E-state index is 12.8. The first kappa shape index (κ1) is 18.2. The third-order valence-electron chi connectivity index (χ3n) is 3.86. The van der Waals surface area contributed by atoms with Gasteiger partial charge in [0.2, 0.25) is 0 Å². The van der Waals surface area contributed by atoms with Crippen LogP contribution < -0.4 is 0 Å². The summed E-state index contributed by atoms with van der Waals surface area (Å²) in [6.07, 6.45) is 0.361. The van der Waals surface area contributed by atoms with Crippen molar-refractivity contribution < 1.29 is 14.3 Å². The number of benzene rings is 2. The Morgan fingerprint density at radius 3 is 2.52 bits per heavy atom. The van der Waals surface area contributed by atoms with Crippen LogP contribution in [0.3, 0.4) is 0 Å². The molecule has 0 aliphatic heterocycles. The maximum absolute atomic E-state index is 12.8. The number of carbonyl (C=O) groups is 2. The van der Waals surface area contributed by atoms with E-state index in [2.05, 4.69) is 0 Å². The van der Waals surface area contributed by atoms with Gasteiger partial charge < -0.3 is 9.64 Å². The molecule has 0 fully saturated rings. The number of likely N-dealkylation sites (N-methyl/N-ethyl adjacent to an activating group) is 1. The second kappa shape index (κ2) is 8.65. The van der Waals surface area contributed by atoms with Gasteiger partial charge in [0.1, 0.15) is 6.04 Å². The molecular weight excluding hydrogens is 316 g/mol. The summed E-state index contributed by atoms with van der Waals surface area (Å²) in [7, 11) is 1.58. The molecule has 128 valence electrons. The summed E-state index contributed by atoms with van der Waals surface area (Å²) in [5.74, 6) is -0.773. The van der Waals surface area contributed by atoms with Gasteiger partial charge in [0, 0.05) is 19.0 Å². The second-order valence-corrected chi connectivity index (χ2v) is 5.57. The van der Waals surface area contributed by atoms with Crippen LogP contribution in [-0.4, -0.2) is 36.5 Å². The number of rotatable bonds is 6. The van der Waals surface area contributed by atoms with Crippen molar-refractivity contribution in [2.45, 2.75) is 19.4 Å². The monoisotopic (exact) mass is 336 g/mol. The standard InChI is InChI=1S/C20H20N2O3/c1-3-25-20(24)18(13-15-8-5-4-6-9-15)22(2)19(23)17-11-7-10-16(12-17)14-21/h4-12,18H,3,13H2,1-2H3/t18-/m1/s1. The zero-order valence-corrected chi connectivity index (χ0v) is 14.3. The highest BCUT2D eigenvalue weighted by atomic mass is 16.5. The van der Waals surface area contributed by atoms with Gasteiger partial charge in [-0.15, -0.1) is 0 Å². The summed E-state index contributed by atoms with van der Waals surface area (Å²) in [4.78, 5) is 26.5. The average Bonchev–Trinajstić information content (AvgIpc) is 2.66. The molecule has 1 atom stereocenters. The fourth-order valence-corrected chi connectivity index (χ4v) is 2.52. The van der Waals surface area contributed by atoms with E-state index in [-0.39, 0.29) is 12.5 Å². The van der Waals surface area contributed by atoms with Crippen LogP contribution in [-0.2, 0) is 16.0 Å². The molecule has 0 bridgehead atoms. The van der Waals surface area contributed by atoms with Crippen molar-refractivity contribution in [1.29, 1.82) is 5.26 Å². The number of carbonyl (C=O) groups excluding carboxylic acids is 2. The minimum atomic E-state index is -0.736. The van der Waals surface area contributed by atoms with E-state index in [1.807, 2.05) is 36.4 Å². The number of hydrogen-bond donors (Lipinski definition) is 0. The Labute approximate surface area is 147 Å². The molecule has 0 unspecified atom stereocenters. The molecule has 0 aliphatic carbocycles. The first-order valence-corrected chi connectivity index (χ1v) is 8.04. The third-order valence-corrected chi connectivity index (χ3v) is 3.86. The van der Waals surface area contributed by atoms with E-state index in [9.17, 15) is 9.59 Å². The van der Waals surface area contributed by atoms with E-state index < -0.39 is 12.0 Å². The molecule has 0 saturated heterocycles. The number of ether oxygens (including phenoxy) is 1. The molecule has 25 heavy (non-hydrogen) atoms. The summed E-state index contributed by atoms with van der Waals surface area (Å²) >= 11 is 0. The van der Waals surface area contributed by atoms with Crippen LogP contribution in [0.2, 0.25) is 0 Å². The summed E-state index contributed by atoms with van der Waals surface area (Å²) < 4.78 is 5.14. The topological polar surface area (TPSA) is 70.4 Å². The van der Waals surface area contributed by atoms with Crippen molar-refractivity contribution in [1.82, 2.24) is 4.90 Å². The zero-order valence-electron chi connectivity index (χ0n) is 14.3. The SMILES string of the molecule is CCOC(=O)[C@@H](Cc1ccccc1)N(C)C(=O)c1cccc(C#N)c1. The Morgan fingerprint density at radius 2 is 1.88 bits per heavy atom. The van der Waals surface area contributed by atoms with Crippen LogP contribution in [0.15, 0.2) is 54.6 Å². The number of hydrogen-bond acceptors (Lipinski definition) is 4. The lowest BCUT2D eigenvalue weighted by atomic mass is 10.0. The molecule has 2 rings (SSSR count). The molecule has 2 aromatic rings. The minimum Gasteiger partial charge on any atom is -0.464 e. The summed E-state index contributed by atoms with van der Waals surface area (Å²) in [6, 6.07) is 17.2. The van der Waals surface area contributed by atoms with E-state index in [0.29, 0.717) is 17.5 Å². The van der Waals surface area contributed by atoms with Gasteiger partial charge in [-0.3, -0.25) is 4.79 Å². The Morgan fingerprint density at radius 1 is 1.16 bits per heavy atom. The van der Waals surface area contributed by atoms with Crippen LogP contribution in [0.5, 0.6) is 0 Å². The van der Waals surface area contributed by atoms with Crippen LogP contribution >= 0.6 is 0 Å². The fraction of sp³-hybridized carbons (Fsp3) is 0.250. The Hall–Kier alpha value is -3.13. The molecule has 0 spiro atoms. The highest BCUT2D eigenvalue weighted by Crippen LogP contribution is 2.14. The van der Waals surface area contributed by atoms with E-state index in [0.717, 1.165) is 5.56 Å². The number of nitrogens with zero attached hydrogens (tertiary/aromatic N) is 2. The van der Waals surface area contributed by atoms with Gasteiger partial charge in [-0.1, -0.05) is 36.4 Å². The van der Waals surface area contributed by atoms with Gasteiger partial charge >= 0.3 is 5.97 Å². The van der Waals surface area contributed by atoms with E-state index >= 15 is 0 Å². The zero-order chi connectivity index (χ0) is 18.2. The summed E-state index contributed by atoms with van der Waals surface area (Å²) in [6.45, 7) is 1.98. The van der Waals surface area contributed by atoms with Gasteiger partial charge in [0.25, 0.3) is 5.91 Å². The van der Waals surface area contributed by atoms with Gasteiger partial charge in [-0.05, 0) is 30.7 Å². The van der Waals surface area contributed by atoms with Crippen LogP contribution in [0.1, 0.15) is 28.4 Å². The molecule has 0 saturated carbocycles. The molecule has 5 heteroatoms. The number of esters is 1. The quantitative estimate of drug-likeness (QED) is 0.761. The molecular formula is C20H20N2O3. The third kappa shape index (κ3) is 4.67. The van der Waals surface area contributed by atoms with Gasteiger partial charge in [0.05, 0.1) is 18.2 Å². The Kier molecular flexibility index (Phi) is 6.30. The minimum absolute atomic E-state index is 0.246. The van der Waals surface area contributed by atoms with Gasteiger partial charge in [-0.2, -0.15) is 5.26 Å². The van der Waals surface area contributed by atoms with Crippen molar-refractivity contribution in [2.75, 3.05) is 13.7 Å². The summed E-state index contributed by atoms with van der Waals surface area (Å²) in [5, 5.41) is 9.00. The first-order valence-electron chi connectivity index (χ1n) is 8.04. The largest absolute Gasteiger partial charge is 0.464 e. The lowest BCUT2D eigenvalue weighted by Crippen LogP contribution is -2.44. The maximum Gasteiger partial charge on any atom is 0.329 e. The highest BCUT2D eigenvalue weighted by Gasteiger charge is 2.29. The Bertz CT molecular complexity index is 781. The molecule has 0 N–H and O–H groups in total. The lowest BCUT2D eigenvalue weighted by molar-refractivity contribution is -0.148. The van der Waals surface area contributed by atoms with Crippen LogP contribution in [0.25, 0.3) is 0 Å². The molecule has 2 aromatic carbocycles. The predicted molar refractivity (Wildman–Crippen MR) is 93.8 cm³/mol. The fourth-order valence-electron chi connectivity index (χ4n) is 2.52. The van der Waals surface area contributed by atoms with E-state index in [4.69, 9.17) is 10.00 Å². The molecule has 5 nitrogen and oxygen atoms in total.